The molecule has 2 aromatic carbocycles. The summed E-state index contributed by atoms with van der Waals surface area (Å²) in [7, 11) is 1.57. The van der Waals surface area contributed by atoms with E-state index in [9.17, 15) is 14.7 Å². The first-order valence-corrected chi connectivity index (χ1v) is 9.99. The fraction of sp³-hybridized carbons (Fsp3) is 0.391. The molecule has 29 heavy (non-hydrogen) atoms. The predicted molar refractivity (Wildman–Crippen MR) is 111 cm³/mol. The molecule has 1 aliphatic rings. The smallest absolute Gasteiger partial charge is 0.308 e. The first kappa shape index (κ1) is 20.9. The van der Waals surface area contributed by atoms with E-state index in [0.29, 0.717) is 12.2 Å². The minimum absolute atomic E-state index is 0.0929. The largest absolute Gasteiger partial charge is 0.496 e. The second-order valence-corrected chi connectivity index (χ2v) is 7.41. The number of amides is 1. The zero-order valence-corrected chi connectivity index (χ0v) is 16.7. The highest BCUT2D eigenvalue weighted by molar-refractivity contribution is 5.82. The number of ether oxygens (including phenoxy) is 1. The average molecular weight is 396 g/mol. The summed E-state index contributed by atoms with van der Waals surface area (Å²) in [6, 6.07) is 17.2. The zero-order chi connectivity index (χ0) is 20.6. The third-order valence-electron chi connectivity index (χ3n) is 5.43. The van der Waals surface area contributed by atoms with Crippen LogP contribution in [0.1, 0.15) is 24.0 Å². The fourth-order valence-electron chi connectivity index (χ4n) is 3.86. The molecule has 1 heterocycles. The second-order valence-electron chi connectivity index (χ2n) is 7.41. The first-order chi connectivity index (χ1) is 14.1. The van der Waals surface area contributed by atoms with Gasteiger partial charge in [0.25, 0.3) is 0 Å². The van der Waals surface area contributed by atoms with Crippen LogP contribution in [0.4, 0.5) is 0 Å². The van der Waals surface area contributed by atoms with Gasteiger partial charge in [-0.2, -0.15) is 0 Å². The molecule has 6 nitrogen and oxygen atoms in total. The van der Waals surface area contributed by atoms with Crippen molar-refractivity contribution in [1.29, 1.82) is 0 Å². The fourth-order valence-corrected chi connectivity index (χ4v) is 3.86. The Bertz CT molecular complexity index is 825. The molecule has 0 bridgehead atoms. The average Bonchev–Trinajstić information content (AvgIpc) is 3.19. The van der Waals surface area contributed by atoms with Gasteiger partial charge in [-0.05, 0) is 43.0 Å². The van der Waals surface area contributed by atoms with Crippen molar-refractivity contribution < 1.29 is 19.4 Å². The van der Waals surface area contributed by atoms with Crippen LogP contribution in [0, 0.1) is 5.92 Å². The third-order valence-corrected chi connectivity index (χ3v) is 5.43. The van der Waals surface area contributed by atoms with Crippen LogP contribution in [0.2, 0.25) is 0 Å². The first-order valence-electron chi connectivity index (χ1n) is 9.99. The summed E-state index contributed by atoms with van der Waals surface area (Å²) in [6.07, 6.45) is 2.06. The van der Waals surface area contributed by atoms with E-state index < -0.39 is 11.9 Å². The van der Waals surface area contributed by atoms with E-state index in [2.05, 4.69) is 22.3 Å². The summed E-state index contributed by atoms with van der Waals surface area (Å²) in [6.45, 7) is 1.70. The molecule has 154 valence electrons. The van der Waals surface area contributed by atoms with Gasteiger partial charge in [-0.25, -0.2) is 0 Å². The Morgan fingerprint density at radius 3 is 2.62 bits per heavy atom. The summed E-state index contributed by atoms with van der Waals surface area (Å²) >= 11 is 0. The Labute approximate surface area is 171 Å². The number of para-hydroxylation sites is 1. The maximum atomic E-state index is 12.8. The van der Waals surface area contributed by atoms with Gasteiger partial charge in [-0.1, -0.05) is 48.5 Å². The molecule has 0 aromatic heterocycles. The van der Waals surface area contributed by atoms with Crippen molar-refractivity contribution >= 4 is 11.9 Å². The van der Waals surface area contributed by atoms with E-state index in [1.54, 1.807) is 7.11 Å². The number of methoxy groups -OCH3 is 1. The third kappa shape index (κ3) is 5.57. The number of benzene rings is 2. The Balaban J connectivity index is 1.59. The van der Waals surface area contributed by atoms with Crippen LogP contribution >= 0.6 is 0 Å². The molecule has 1 amide bonds. The SMILES string of the molecule is COc1ccccc1C[C@@H](CNC(=O)[C@H]1CCCN1Cc1ccccc1)C(=O)O. The molecule has 0 saturated carbocycles. The van der Waals surface area contributed by atoms with E-state index in [0.717, 1.165) is 31.5 Å². The molecular formula is C23H28N2O4. The van der Waals surface area contributed by atoms with Gasteiger partial charge >= 0.3 is 5.97 Å². The van der Waals surface area contributed by atoms with E-state index in [1.165, 1.54) is 5.56 Å². The number of rotatable bonds is 9. The lowest BCUT2D eigenvalue weighted by molar-refractivity contribution is -0.141. The van der Waals surface area contributed by atoms with Crippen LogP contribution in [0.15, 0.2) is 54.6 Å². The topological polar surface area (TPSA) is 78.9 Å². The van der Waals surface area contributed by atoms with Gasteiger partial charge in [0, 0.05) is 13.1 Å². The van der Waals surface area contributed by atoms with Gasteiger partial charge in [0.2, 0.25) is 5.91 Å². The highest BCUT2D eigenvalue weighted by atomic mass is 16.5. The summed E-state index contributed by atoms with van der Waals surface area (Å²) < 4.78 is 5.32. The Hall–Kier alpha value is -2.86. The molecule has 2 aromatic rings. The quantitative estimate of drug-likeness (QED) is 0.681. The van der Waals surface area contributed by atoms with Crippen LogP contribution in [0.3, 0.4) is 0 Å². The van der Waals surface area contributed by atoms with E-state index in [-0.39, 0.29) is 18.5 Å². The molecule has 0 spiro atoms. The minimum Gasteiger partial charge on any atom is -0.496 e. The minimum atomic E-state index is -0.927. The maximum Gasteiger partial charge on any atom is 0.308 e. The van der Waals surface area contributed by atoms with Crippen molar-refractivity contribution in [2.75, 3.05) is 20.2 Å². The van der Waals surface area contributed by atoms with Gasteiger partial charge in [-0.3, -0.25) is 14.5 Å². The molecule has 1 aliphatic heterocycles. The van der Waals surface area contributed by atoms with Crippen LogP contribution < -0.4 is 10.1 Å². The second kappa shape index (κ2) is 10.1. The van der Waals surface area contributed by atoms with Gasteiger partial charge in [0.15, 0.2) is 0 Å². The van der Waals surface area contributed by atoms with Gasteiger partial charge in [-0.15, -0.1) is 0 Å². The number of carboxylic acid groups (broad SMARTS) is 1. The van der Waals surface area contributed by atoms with Crippen molar-refractivity contribution in [3.63, 3.8) is 0 Å². The van der Waals surface area contributed by atoms with Crippen LogP contribution in [-0.2, 0) is 22.6 Å². The molecule has 6 heteroatoms. The van der Waals surface area contributed by atoms with Gasteiger partial charge in [0.1, 0.15) is 5.75 Å². The molecule has 0 unspecified atom stereocenters. The molecule has 1 saturated heterocycles. The van der Waals surface area contributed by atoms with Crippen LogP contribution in [-0.4, -0.2) is 48.1 Å². The number of aliphatic carboxylic acids is 1. The number of carbonyl (C=O) groups is 2. The van der Waals surface area contributed by atoms with Crippen LogP contribution in [0.5, 0.6) is 5.75 Å². The Kier molecular flexibility index (Phi) is 7.25. The van der Waals surface area contributed by atoms with Crippen molar-refractivity contribution in [3.05, 3.63) is 65.7 Å². The normalized spacial score (nSPS) is 17.6. The number of hydrogen-bond donors (Lipinski definition) is 2. The highest BCUT2D eigenvalue weighted by Gasteiger charge is 2.31. The summed E-state index contributed by atoms with van der Waals surface area (Å²) in [4.78, 5) is 26.7. The van der Waals surface area contributed by atoms with Crippen molar-refractivity contribution in [3.8, 4) is 5.75 Å². The molecular weight excluding hydrogens is 368 g/mol. The molecule has 0 aliphatic carbocycles. The Morgan fingerprint density at radius 1 is 1.17 bits per heavy atom. The number of nitrogens with zero attached hydrogens (tertiary/aromatic N) is 1. The molecule has 0 radical (unpaired) electrons. The monoisotopic (exact) mass is 396 g/mol. The van der Waals surface area contributed by atoms with Crippen molar-refractivity contribution in [1.82, 2.24) is 10.2 Å². The maximum absolute atomic E-state index is 12.8. The lowest BCUT2D eigenvalue weighted by atomic mass is 9.98. The van der Waals surface area contributed by atoms with Gasteiger partial charge in [0.05, 0.1) is 19.1 Å². The highest BCUT2D eigenvalue weighted by Crippen LogP contribution is 2.22. The molecule has 1 fully saturated rings. The van der Waals surface area contributed by atoms with E-state index in [1.807, 2.05) is 42.5 Å². The number of nitrogens with one attached hydrogen (secondary N) is 1. The summed E-state index contributed by atoms with van der Waals surface area (Å²) in [5.41, 5.74) is 2.00. The van der Waals surface area contributed by atoms with Crippen molar-refractivity contribution in [2.24, 2.45) is 5.92 Å². The standard InChI is InChI=1S/C23H28N2O4/c1-29-21-12-6-5-10-18(21)14-19(23(27)28)15-24-22(26)20-11-7-13-25(20)16-17-8-3-2-4-9-17/h2-6,8-10,12,19-20H,7,11,13-16H2,1H3,(H,24,26)(H,27,28)/t19-,20+/m0/s1. The predicted octanol–water partition coefficient (Wildman–Crippen LogP) is 2.72. The Morgan fingerprint density at radius 2 is 1.90 bits per heavy atom. The molecule has 2 atom stereocenters. The zero-order valence-electron chi connectivity index (χ0n) is 16.7. The number of hydrogen-bond acceptors (Lipinski definition) is 4. The number of carbonyl (C=O) groups excluding carboxylic acids is 1. The lowest BCUT2D eigenvalue weighted by Crippen LogP contribution is -2.45. The van der Waals surface area contributed by atoms with E-state index in [4.69, 9.17) is 4.74 Å². The van der Waals surface area contributed by atoms with Crippen LogP contribution in [0.25, 0.3) is 0 Å². The summed E-state index contributed by atoms with van der Waals surface area (Å²) in [5.74, 6) is -1.07. The molecule has 2 N–H and O–H groups in total. The van der Waals surface area contributed by atoms with Crippen molar-refractivity contribution in [2.45, 2.75) is 31.8 Å². The van der Waals surface area contributed by atoms with Gasteiger partial charge < -0.3 is 15.2 Å². The lowest BCUT2D eigenvalue weighted by Gasteiger charge is -2.24. The summed E-state index contributed by atoms with van der Waals surface area (Å²) in [5, 5.41) is 12.5. The number of carboxylic acids is 1. The number of likely N-dealkylation sites (tertiary alicyclic amines) is 1. The molecule has 3 rings (SSSR count). The van der Waals surface area contributed by atoms with E-state index >= 15 is 0 Å².